The summed E-state index contributed by atoms with van der Waals surface area (Å²) in [5, 5.41) is 3.77. The highest BCUT2D eigenvalue weighted by Crippen LogP contribution is 2.27. The number of carbonyl (C=O) groups excluding carboxylic acids is 2. The summed E-state index contributed by atoms with van der Waals surface area (Å²) < 4.78 is 5.77. The van der Waals surface area contributed by atoms with E-state index in [4.69, 9.17) is 27.9 Å². The van der Waals surface area contributed by atoms with Gasteiger partial charge in [0.1, 0.15) is 11.8 Å². The Morgan fingerprint density at radius 3 is 2.42 bits per heavy atom. The van der Waals surface area contributed by atoms with Crippen molar-refractivity contribution in [3.63, 3.8) is 0 Å². The smallest absolute Gasteiger partial charge is 0.261 e. The molecule has 2 aromatic rings. The van der Waals surface area contributed by atoms with Crippen LogP contribution in [0.3, 0.4) is 0 Å². The summed E-state index contributed by atoms with van der Waals surface area (Å²) in [7, 11) is 0. The van der Waals surface area contributed by atoms with Crippen molar-refractivity contribution in [1.29, 1.82) is 0 Å². The number of halogens is 2. The molecule has 0 fully saturated rings. The second-order valence-corrected chi connectivity index (χ2v) is 8.41. The molecule has 0 aliphatic heterocycles. The van der Waals surface area contributed by atoms with Crippen molar-refractivity contribution < 1.29 is 14.3 Å². The number of rotatable bonds is 10. The largest absolute Gasteiger partial charge is 0.483 e. The molecule has 0 saturated heterocycles. The van der Waals surface area contributed by atoms with Crippen LogP contribution in [-0.2, 0) is 16.1 Å². The molecule has 0 bridgehead atoms. The van der Waals surface area contributed by atoms with E-state index < -0.39 is 6.04 Å². The molecule has 0 heterocycles. The van der Waals surface area contributed by atoms with Crippen LogP contribution in [0.2, 0.25) is 10.0 Å². The van der Waals surface area contributed by atoms with Crippen molar-refractivity contribution >= 4 is 35.0 Å². The lowest BCUT2D eigenvalue weighted by molar-refractivity contribution is -0.142. The van der Waals surface area contributed by atoms with Crippen LogP contribution in [0.1, 0.15) is 43.4 Å². The van der Waals surface area contributed by atoms with Gasteiger partial charge >= 0.3 is 0 Å². The predicted octanol–water partition coefficient (Wildman–Crippen LogP) is 5.32. The number of nitrogens with one attached hydrogen (secondary N) is 1. The third-order valence-electron chi connectivity index (χ3n) is 5.07. The first-order valence-corrected chi connectivity index (χ1v) is 11.2. The van der Waals surface area contributed by atoms with E-state index in [2.05, 4.69) is 12.2 Å². The molecule has 5 nitrogen and oxygen atoms in total. The summed E-state index contributed by atoms with van der Waals surface area (Å²) in [5.41, 5.74) is 2.65. The predicted molar refractivity (Wildman–Crippen MR) is 126 cm³/mol. The molecule has 2 rings (SSSR count). The van der Waals surface area contributed by atoms with Crippen molar-refractivity contribution in [3.05, 3.63) is 63.1 Å². The summed E-state index contributed by atoms with van der Waals surface area (Å²) in [4.78, 5) is 27.3. The van der Waals surface area contributed by atoms with Gasteiger partial charge in [0.05, 0.1) is 0 Å². The molecule has 0 aromatic heterocycles. The number of amides is 2. The van der Waals surface area contributed by atoms with E-state index >= 15 is 0 Å². The quantitative estimate of drug-likeness (QED) is 0.483. The van der Waals surface area contributed by atoms with Crippen molar-refractivity contribution in [3.8, 4) is 5.75 Å². The van der Waals surface area contributed by atoms with Gasteiger partial charge in [-0.3, -0.25) is 9.59 Å². The van der Waals surface area contributed by atoms with Crippen LogP contribution >= 0.6 is 23.2 Å². The number of nitrogens with zero attached hydrogens (tertiary/aromatic N) is 1. The van der Waals surface area contributed by atoms with Crippen molar-refractivity contribution in [2.24, 2.45) is 0 Å². The topological polar surface area (TPSA) is 58.6 Å². The maximum atomic E-state index is 13.1. The Balaban J connectivity index is 2.20. The molecule has 31 heavy (non-hydrogen) atoms. The minimum Gasteiger partial charge on any atom is -0.483 e. The van der Waals surface area contributed by atoms with Gasteiger partial charge in [0, 0.05) is 28.7 Å². The molecule has 0 aliphatic rings. The van der Waals surface area contributed by atoms with Gasteiger partial charge in [-0.05, 0) is 51.0 Å². The zero-order valence-corrected chi connectivity index (χ0v) is 20.0. The number of unbranched alkanes of at least 4 members (excludes halogenated alkanes) is 1. The molecule has 168 valence electrons. The van der Waals surface area contributed by atoms with Crippen LogP contribution in [0.4, 0.5) is 0 Å². The molecule has 0 spiro atoms. The Labute approximate surface area is 194 Å². The molecule has 1 unspecified atom stereocenters. The Morgan fingerprint density at radius 1 is 1.13 bits per heavy atom. The third-order valence-corrected chi connectivity index (χ3v) is 5.78. The first-order valence-electron chi connectivity index (χ1n) is 10.4. The monoisotopic (exact) mass is 464 g/mol. The molecule has 0 radical (unpaired) electrons. The van der Waals surface area contributed by atoms with Crippen molar-refractivity contribution in [1.82, 2.24) is 10.2 Å². The van der Waals surface area contributed by atoms with Crippen molar-refractivity contribution in [2.45, 2.75) is 53.1 Å². The van der Waals surface area contributed by atoms with Gasteiger partial charge in [0.25, 0.3) is 5.91 Å². The van der Waals surface area contributed by atoms with Gasteiger partial charge in [-0.1, -0.05) is 60.3 Å². The molecule has 2 amide bonds. The fraction of sp³-hybridized carbons (Fsp3) is 0.417. The number of carbonyl (C=O) groups is 2. The number of benzene rings is 2. The average Bonchev–Trinajstić information content (AvgIpc) is 2.72. The van der Waals surface area contributed by atoms with E-state index in [1.807, 2.05) is 32.0 Å². The van der Waals surface area contributed by atoms with E-state index in [1.54, 1.807) is 25.1 Å². The van der Waals surface area contributed by atoms with Gasteiger partial charge in [-0.2, -0.15) is 0 Å². The van der Waals surface area contributed by atoms with E-state index in [9.17, 15) is 9.59 Å². The Bertz CT molecular complexity index is 897. The van der Waals surface area contributed by atoms with Gasteiger partial charge in [-0.25, -0.2) is 0 Å². The lowest BCUT2D eigenvalue weighted by atomic mass is 10.1. The van der Waals surface area contributed by atoms with E-state index in [0.717, 1.165) is 24.0 Å². The SMILES string of the molecule is CCCCNC(=O)C(C)N(Cc1c(Cl)cccc1Cl)C(=O)COc1ccc(C)cc1C. The highest BCUT2D eigenvalue weighted by molar-refractivity contribution is 6.36. The standard InChI is InChI=1S/C24H30Cl2N2O3/c1-5-6-12-27-24(30)18(4)28(14-19-20(25)8-7-9-21(19)26)23(29)15-31-22-11-10-16(2)13-17(22)3/h7-11,13,18H,5-6,12,14-15H2,1-4H3,(H,27,30). The first-order chi connectivity index (χ1) is 14.7. The fourth-order valence-corrected chi connectivity index (χ4v) is 3.67. The highest BCUT2D eigenvalue weighted by atomic mass is 35.5. The molecule has 0 saturated carbocycles. The second kappa shape index (κ2) is 12.0. The second-order valence-electron chi connectivity index (χ2n) is 7.60. The maximum Gasteiger partial charge on any atom is 0.261 e. The van der Waals surface area contributed by atoms with Crippen LogP contribution < -0.4 is 10.1 Å². The van der Waals surface area contributed by atoms with E-state index in [1.165, 1.54) is 4.90 Å². The summed E-state index contributed by atoms with van der Waals surface area (Å²) >= 11 is 12.6. The van der Waals surface area contributed by atoms with Gasteiger partial charge in [0.2, 0.25) is 5.91 Å². The van der Waals surface area contributed by atoms with Crippen molar-refractivity contribution in [2.75, 3.05) is 13.2 Å². The van der Waals surface area contributed by atoms with Crippen LogP contribution in [0.5, 0.6) is 5.75 Å². The summed E-state index contributed by atoms with van der Waals surface area (Å²) in [5.74, 6) is 0.0836. The molecule has 1 atom stereocenters. The zero-order valence-electron chi connectivity index (χ0n) is 18.5. The number of ether oxygens (including phenoxy) is 1. The van der Waals surface area contributed by atoms with Gasteiger partial charge in [0.15, 0.2) is 6.61 Å². The number of aryl methyl sites for hydroxylation is 2. The Kier molecular flexibility index (Phi) is 9.66. The van der Waals surface area contributed by atoms with E-state index in [-0.39, 0.29) is 25.0 Å². The lowest BCUT2D eigenvalue weighted by Gasteiger charge is -2.29. The van der Waals surface area contributed by atoms with Crippen LogP contribution in [0.15, 0.2) is 36.4 Å². The third kappa shape index (κ3) is 7.15. The van der Waals surface area contributed by atoms with Gasteiger partial charge in [-0.15, -0.1) is 0 Å². The van der Waals surface area contributed by atoms with Crippen LogP contribution in [0.25, 0.3) is 0 Å². The van der Waals surface area contributed by atoms with Crippen LogP contribution in [0, 0.1) is 13.8 Å². The van der Waals surface area contributed by atoms with E-state index in [0.29, 0.717) is 27.9 Å². The molecule has 7 heteroatoms. The molecular weight excluding hydrogens is 435 g/mol. The minimum absolute atomic E-state index is 0.107. The molecule has 1 N–H and O–H groups in total. The summed E-state index contributed by atoms with van der Waals surface area (Å²) in [6.45, 7) is 8.14. The summed E-state index contributed by atoms with van der Waals surface area (Å²) in [6.07, 6.45) is 1.84. The minimum atomic E-state index is -0.709. The summed E-state index contributed by atoms with van der Waals surface area (Å²) in [6, 6.07) is 10.2. The van der Waals surface area contributed by atoms with Crippen LogP contribution in [-0.4, -0.2) is 35.9 Å². The average molecular weight is 465 g/mol. The van der Waals surface area contributed by atoms with Gasteiger partial charge < -0.3 is 15.0 Å². The molecule has 2 aromatic carbocycles. The fourth-order valence-electron chi connectivity index (χ4n) is 3.16. The maximum absolute atomic E-state index is 13.1. The molecular formula is C24H30Cl2N2O3. The normalized spacial score (nSPS) is 11.7. The Hall–Kier alpha value is -2.24. The number of hydrogen-bond donors (Lipinski definition) is 1. The molecule has 0 aliphatic carbocycles. The number of hydrogen-bond acceptors (Lipinski definition) is 3. The first kappa shape index (κ1) is 25.0. The zero-order chi connectivity index (χ0) is 23.0. The highest BCUT2D eigenvalue weighted by Gasteiger charge is 2.27. The Morgan fingerprint density at radius 2 is 1.81 bits per heavy atom. The lowest BCUT2D eigenvalue weighted by Crippen LogP contribution is -2.49.